The molecule has 0 aliphatic heterocycles. The van der Waals surface area contributed by atoms with E-state index < -0.39 is 0 Å². The summed E-state index contributed by atoms with van der Waals surface area (Å²) >= 11 is 0. The van der Waals surface area contributed by atoms with Crippen LogP contribution in [0.5, 0.6) is 0 Å². The third-order valence-corrected chi connectivity index (χ3v) is 12.4. The molecule has 0 aliphatic rings. The lowest BCUT2D eigenvalue weighted by Gasteiger charge is -2.26. The predicted molar refractivity (Wildman–Crippen MR) is 264 cm³/mol. The van der Waals surface area contributed by atoms with Crippen LogP contribution in [0.15, 0.2) is 247 Å². The van der Waals surface area contributed by atoms with E-state index in [2.05, 4.69) is 240 Å². The second kappa shape index (κ2) is 15.3. The molecule has 12 aromatic rings. The van der Waals surface area contributed by atoms with Crippen molar-refractivity contribution < 1.29 is 4.42 Å². The quantitative estimate of drug-likeness (QED) is 0.153. The smallest absolute Gasteiger partial charge is 0.137 e. The SMILES string of the molecule is c1ccc(-c2ccc(N(c3cccc(-c4ccccc4-n4c5ccc(-c6ccccc6)cc5c5cc(-c6ccccc6)ccc54)c3)c3ccc4c(c3)oc3ccccc34)cc2)cc1. The highest BCUT2D eigenvalue weighted by molar-refractivity contribution is 6.12. The lowest BCUT2D eigenvalue weighted by molar-refractivity contribution is 0.669. The van der Waals surface area contributed by atoms with E-state index in [-0.39, 0.29) is 0 Å². The molecular weight excluding hydrogens is 765 g/mol. The van der Waals surface area contributed by atoms with Crippen molar-refractivity contribution in [3.8, 4) is 50.2 Å². The Morgan fingerprint density at radius 3 is 1.44 bits per heavy atom. The van der Waals surface area contributed by atoms with Crippen LogP contribution in [-0.2, 0) is 0 Å². The van der Waals surface area contributed by atoms with Crippen LogP contribution in [0.2, 0.25) is 0 Å². The number of furan rings is 1. The summed E-state index contributed by atoms with van der Waals surface area (Å²) in [6.07, 6.45) is 0. The summed E-state index contributed by atoms with van der Waals surface area (Å²) in [6, 6.07) is 87.2. The number of hydrogen-bond donors (Lipinski definition) is 0. The van der Waals surface area contributed by atoms with Crippen LogP contribution in [-0.4, -0.2) is 4.57 Å². The first-order valence-corrected chi connectivity index (χ1v) is 21.5. The zero-order valence-electron chi connectivity index (χ0n) is 34.4. The second-order valence-corrected chi connectivity index (χ2v) is 16.1. The summed E-state index contributed by atoms with van der Waals surface area (Å²) < 4.78 is 8.90. The first kappa shape index (κ1) is 36.5. The molecule has 0 amide bonds. The number of hydrogen-bond acceptors (Lipinski definition) is 2. The van der Waals surface area contributed by atoms with Crippen LogP contribution in [0.4, 0.5) is 17.1 Å². The Hall–Kier alpha value is -8.40. The fraction of sp³-hybridized carbons (Fsp3) is 0. The van der Waals surface area contributed by atoms with Crippen molar-refractivity contribution in [2.75, 3.05) is 4.90 Å². The molecule has 0 bridgehead atoms. The van der Waals surface area contributed by atoms with Crippen LogP contribution < -0.4 is 4.90 Å². The molecular formula is C60H40N2O. The largest absolute Gasteiger partial charge is 0.456 e. The zero-order chi connectivity index (χ0) is 41.7. The molecule has 63 heavy (non-hydrogen) atoms. The molecule has 0 spiro atoms. The molecule has 12 rings (SSSR count). The van der Waals surface area contributed by atoms with Gasteiger partial charge in [-0.25, -0.2) is 0 Å². The van der Waals surface area contributed by atoms with Gasteiger partial charge in [-0.3, -0.25) is 0 Å². The van der Waals surface area contributed by atoms with Crippen LogP contribution in [0.3, 0.4) is 0 Å². The van der Waals surface area contributed by atoms with Gasteiger partial charge in [0.1, 0.15) is 11.2 Å². The van der Waals surface area contributed by atoms with E-state index >= 15 is 0 Å². The monoisotopic (exact) mass is 804 g/mol. The molecule has 0 aliphatic carbocycles. The van der Waals surface area contributed by atoms with Gasteiger partial charge in [-0.05, 0) is 112 Å². The molecule has 3 nitrogen and oxygen atoms in total. The summed E-state index contributed by atoms with van der Waals surface area (Å²) in [6.45, 7) is 0. The van der Waals surface area contributed by atoms with Crippen molar-refractivity contribution in [1.82, 2.24) is 4.57 Å². The maximum atomic E-state index is 6.45. The summed E-state index contributed by atoms with van der Waals surface area (Å²) in [5, 5.41) is 4.67. The van der Waals surface area contributed by atoms with E-state index in [1.165, 1.54) is 44.2 Å². The fourth-order valence-corrected chi connectivity index (χ4v) is 9.36. The topological polar surface area (TPSA) is 21.3 Å². The number of aromatic nitrogens is 1. The van der Waals surface area contributed by atoms with E-state index in [1.54, 1.807) is 0 Å². The normalized spacial score (nSPS) is 11.5. The van der Waals surface area contributed by atoms with Gasteiger partial charge in [-0.15, -0.1) is 0 Å². The summed E-state index contributed by atoms with van der Waals surface area (Å²) in [5.41, 5.74) is 17.8. The molecule has 0 radical (unpaired) electrons. The summed E-state index contributed by atoms with van der Waals surface area (Å²) in [5.74, 6) is 0. The van der Waals surface area contributed by atoms with Crippen LogP contribution >= 0.6 is 0 Å². The molecule has 0 fully saturated rings. The second-order valence-electron chi connectivity index (χ2n) is 16.1. The Morgan fingerprint density at radius 2 is 0.778 bits per heavy atom. The lowest BCUT2D eigenvalue weighted by atomic mass is 10.0. The molecule has 2 heterocycles. The van der Waals surface area contributed by atoms with Crippen LogP contribution in [0, 0.1) is 0 Å². The van der Waals surface area contributed by atoms with Gasteiger partial charge in [0.05, 0.1) is 16.7 Å². The van der Waals surface area contributed by atoms with Gasteiger partial charge in [0.25, 0.3) is 0 Å². The summed E-state index contributed by atoms with van der Waals surface area (Å²) in [7, 11) is 0. The van der Waals surface area contributed by atoms with Crippen LogP contribution in [0.25, 0.3) is 93.9 Å². The first-order chi connectivity index (χ1) is 31.2. The van der Waals surface area contributed by atoms with Gasteiger partial charge in [0.2, 0.25) is 0 Å². The standard InChI is InChI=1S/C60H40N2O/c1-4-15-41(16-5-1)44-27-31-48(32-28-44)61(50-33-34-53-52-24-11-13-26-59(52)63-60(53)40-50)49-22-14-21-47(37-49)51-23-10-12-25-56(51)62-57-35-29-45(42-17-6-2-7-18-42)38-54(57)55-39-46(30-36-58(55)62)43-19-8-3-9-20-43/h1-40H. The Kier molecular flexibility index (Phi) is 8.83. The number of nitrogens with zero attached hydrogens (tertiary/aromatic N) is 2. The fourth-order valence-electron chi connectivity index (χ4n) is 9.36. The summed E-state index contributed by atoms with van der Waals surface area (Å²) in [4.78, 5) is 2.34. The number of rotatable bonds is 8. The molecule has 0 unspecified atom stereocenters. The van der Waals surface area contributed by atoms with Crippen molar-refractivity contribution in [1.29, 1.82) is 0 Å². The van der Waals surface area contributed by atoms with Gasteiger partial charge in [-0.2, -0.15) is 0 Å². The molecule has 296 valence electrons. The van der Waals surface area contributed by atoms with E-state index in [0.717, 1.165) is 66.8 Å². The average molecular weight is 805 g/mol. The Morgan fingerprint density at radius 1 is 0.286 bits per heavy atom. The lowest BCUT2D eigenvalue weighted by Crippen LogP contribution is -2.10. The van der Waals surface area contributed by atoms with Crippen LogP contribution in [0.1, 0.15) is 0 Å². The van der Waals surface area contributed by atoms with Gasteiger partial charge < -0.3 is 13.9 Å². The molecule has 2 aromatic heterocycles. The number of anilines is 3. The number of benzene rings is 10. The number of para-hydroxylation sites is 2. The van der Waals surface area contributed by atoms with Crippen molar-refractivity contribution in [3.63, 3.8) is 0 Å². The van der Waals surface area contributed by atoms with E-state index in [4.69, 9.17) is 4.42 Å². The molecule has 10 aromatic carbocycles. The zero-order valence-corrected chi connectivity index (χ0v) is 34.4. The minimum atomic E-state index is 0.860. The Balaban J connectivity index is 1.02. The van der Waals surface area contributed by atoms with Crippen molar-refractivity contribution in [2.24, 2.45) is 0 Å². The van der Waals surface area contributed by atoms with E-state index in [0.29, 0.717) is 0 Å². The van der Waals surface area contributed by atoms with Gasteiger partial charge in [-0.1, -0.05) is 164 Å². The maximum absolute atomic E-state index is 6.45. The first-order valence-electron chi connectivity index (χ1n) is 21.5. The Bertz CT molecular complexity index is 3510. The average Bonchev–Trinajstić information content (AvgIpc) is 3.90. The highest BCUT2D eigenvalue weighted by Gasteiger charge is 2.20. The van der Waals surface area contributed by atoms with Gasteiger partial charge in [0, 0.05) is 50.2 Å². The minimum Gasteiger partial charge on any atom is -0.456 e. The third-order valence-electron chi connectivity index (χ3n) is 12.4. The highest BCUT2D eigenvalue weighted by atomic mass is 16.3. The molecule has 3 heteroatoms. The van der Waals surface area contributed by atoms with Crippen molar-refractivity contribution >= 4 is 60.8 Å². The van der Waals surface area contributed by atoms with Gasteiger partial charge in [0.15, 0.2) is 0 Å². The molecule has 0 atom stereocenters. The molecule has 0 N–H and O–H groups in total. The molecule has 0 saturated carbocycles. The predicted octanol–water partition coefficient (Wildman–Crippen LogP) is 16.8. The maximum Gasteiger partial charge on any atom is 0.137 e. The third kappa shape index (κ3) is 6.46. The molecule has 0 saturated heterocycles. The van der Waals surface area contributed by atoms with E-state index in [9.17, 15) is 0 Å². The minimum absolute atomic E-state index is 0.860. The van der Waals surface area contributed by atoms with Gasteiger partial charge >= 0.3 is 0 Å². The van der Waals surface area contributed by atoms with E-state index in [1.807, 2.05) is 12.1 Å². The van der Waals surface area contributed by atoms with Crippen molar-refractivity contribution in [2.45, 2.75) is 0 Å². The Labute approximate surface area is 366 Å². The highest BCUT2D eigenvalue weighted by Crippen LogP contribution is 2.43. The van der Waals surface area contributed by atoms with Crippen molar-refractivity contribution in [3.05, 3.63) is 243 Å². The number of fused-ring (bicyclic) bond motifs is 6.